The second kappa shape index (κ2) is 7.46. The summed E-state index contributed by atoms with van der Waals surface area (Å²) in [6, 6.07) is 1.53. The first-order valence-corrected chi connectivity index (χ1v) is 9.35. The molecule has 0 aliphatic heterocycles. The monoisotopic (exact) mass is 294 g/mol. The average Bonchev–Trinajstić information content (AvgIpc) is 2.74. The molecule has 2 aliphatic carbocycles. The van der Waals surface area contributed by atoms with Crippen molar-refractivity contribution in [3.63, 3.8) is 0 Å². The van der Waals surface area contributed by atoms with Crippen LogP contribution in [0.15, 0.2) is 0 Å². The molecular weight excluding hydrogens is 256 g/mol. The Morgan fingerprint density at radius 1 is 0.952 bits per heavy atom. The van der Waals surface area contributed by atoms with E-state index in [4.69, 9.17) is 5.73 Å². The molecule has 2 nitrogen and oxygen atoms in total. The van der Waals surface area contributed by atoms with Crippen LogP contribution in [-0.2, 0) is 0 Å². The molecule has 0 heterocycles. The summed E-state index contributed by atoms with van der Waals surface area (Å²) in [4.78, 5) is 2.75. The Balaban J connectivity index is 2.04. The van der Waals surface area contributed by atoms with Crippen LogP contribution in [0.1, 0.15) is 78.6 Å². The van der Waals surface area contributed by atoms with Crippen molar-refractivity contribution < 1.29 is 0 Å². The summed E-state index contributed by atoms with van der Waals surface area (Å²) in [6.45, 7) is 8.13. The lowest BCUT2D eigenvalue weighted by Gasteiger charge is -2.47. The zero-order chi connectivity index (χ0) is 15.5. The van der Waals surface area contributed by atoms with Gasteiger partial charge in [-0.1, -0.05) is 46.5 Å². The summed E-state index contributed by atoms with van der Waals surface area (Å²) in [5.41, 5.74) is 6.57. The molecular formula is C19H38N2. The predicted octanol–water partition coefficient (Wildman–Crippen LogP) is 4.43. The first kappa shape index (κ1) is 17.3. The highest BCUT2D eigenvalue weighted by molar-refractivity contribution is 4.92. The molecule has 0 aromatic carbocycles. The van der Waals surface area contributed by atoms with Crippen LogP contribution in [0, 0.1) is 17.3 Å². The molecule has 0 aromatic heterocycles. The van der Waals surface area contributed by atoms with Gasteiger partial charge in [0.25, 0.3) is 0 Å². The fourth-order valence-corrected chi connectivity index (χ4v) is 4.71. The quantitative estimate of drug-likeness (QED) is 0.780. The number of hydrogen-bond donors (Lipinski definition) is 1. The van der Waals surface area contributed by atoms with Gasteiger partial charge in [0.05, 0.1) is 0 Å². The SMILES string of the molecule is CN(C1CCCCCC1)C1CC(C(C)(C)C)CCC1CN. The highest BCUT2D eigenvalue weighted by Crippen LogP contribution is 2.42. The Bertz CT molecular complexity index is 299. The summed E-state index contributed by atoms with van der Waals surface area (Å²) in [7, 11) is 2.40. The van der Waals surface area contributed by atoms with Crippen molar-refractivity contribution in [2.75, 3.05) is 13.6 Å². The number of hydrogen-bond acceptors (Lipinski definition) is 2. The molecule has 2 N–H and O–H groups in total. The number of nitrogens with zero attached hydrogens (tertiary/aromatic N) is 1. The molecule has 2 fully saturated rings. The van der Waals surface area contributed by atoms with Crippen molar-refractivity contribution in [2.45, 2.75) is 90.6 Å². The molecule has 0 aromatic rings. The van der Waals surface area contributed by atoms with Gasteiger partial charge in [-0.25, -0.2) is 0 Å². The molecule has 124 valence electrons. The molecule has 0 bridgehead atoms. The van der Waals surface area contributed by atoms with Crippen molar-refractivity contribution in [1.29, 1.82) is 0 Å². The van der Waals surface area contributed by atoms with E-state index in [0.29, 0.717) is 5.41 Å². The maximum absolute atomic E-state index is 6.12. The van der Waals surface area contributed by atoms with Crippen molar-refractivity contribution in [1.82, 2.24) is 4.90 Å². The molecule has 0 radical (unpaired) electrons. The Hall–Kier alpha value is -0.0800. The van der Waals surface area contributed by atoms with E-state index in [-0.39, 0.29) is 0 Å². The van der Waals surface area contributed by atoms with Crippen LogP contribution in [0.3, 0.4) is 0 Å². The standard InChI is InChI=1S/C19H38N2/c1-19(2,3)16-12-11-15(14-20)18(13-16)21(4)17-9-7-5-6-8-10-17/h15-18H,5-14,20H2,1-4H3. The zero-order valence-electron chi connectivity index (χ0n) is 14.9. The lowest BCUT2D eigenvalue weighted by molar-refractivity contribution is 0.0329. The van der Waals surface area contributed by atoms with Crippen LogP contribution in [-0.4, -0.2) is 30.6 Å². The normalized spacial score (nSPS) is 33.1. The number of rotatable bonds is 3. The lowest BCUT2D eigenvalue weighted by atomic mass is 9.67. The van der Waals surface area contributed by atoms with Crippen LogP contribution >= 0.6 is 0 Å². The molecule has 0 amide bonds. The van der Waals surface area contributed by atoms with E-state index in [1.165, 1.54) is 57.8 Å². The predicted molar refractivity (Wildman–Crippen MR) is 92.4 cm³/mol. The van der Waals surface area contributed by atoms with Gasteiger partial charge in [0.2, 0.25) is 0 Å². The fourth-order valence-electron chi connectivity index (χ4n) is 4.71. The second-order valence-electron chi connectivity index (χ2n) is 8.75. The summed E-state index contributed by atoms with van der Waals surface area (Å²) in [5.74, 6) is 1.58. The zero-order valence-corrected chi connectivity index (χ0v) is 14.9. The summed E-state index contributed by atoms with van der Waals surface area (Å²) >= 11 is 0. The van der Waals surface area contributed by atoms with Crippen LogP contribution in [0.5, 0.6) is 0 Å². The topological polar surface area (TPSA) is 29.3 Å². The van der Waals surface area contributed by atoms with E-state index in [2.05, 4.69) is 32.7 Å². The molecule has 0 spiro atoms. The molecule has 2 aliphatic rings. The lowest BCUT2D eigenvalue weighted by Crippen LogP contribution is -2.50. The molecule has 0 saturated heterocycles. The van der Waals surface area contributed by atoms with Gasteiger partial charge in [-0.05, 0) is 62.9 Å². The minimum atomic E-state index is 0.447. The van der Waals surface area contributed by atoms with Crippen LogP contribution in [0.2, 0.25) is 0 Å². The molecule has 2 saturated carbocycles. The van der Waals surface area contributed by atoms with E-state index in [0.717, 1.165) is 30.5 Å². The fraction of sp³-hybridized carbons (Fsp3) is 1.00. The van der Waals surface area contributed by atoms with Gasteiger partial charge in [0.1, 0.15) is 0 Å². The van der Waals surface area contributed by atoms with Gasteiger partial charge < -0.3 is 10.6 Å². The van der Waals surface area contributed by atoms with E-state index in [9.17, 15) is 0 Å². The Labute approximate surface area is 132 Å². The highest BCUT2D eigenvalue weighted by atomic mass is 15.2. The largest absolute Gasteiger partial charge is 0.330 e. The maximum atomic E-state index is 6.12. The van der Waals surface area contributed by atoms with Crippen LogP contribution in [0.4, 0.5) is 0 Å². The van der Waals surface area contributed by atoms with Gasteiger partial charge in [-0.15, -0.1) is 0 Å². The highest BCUT2D eigenvalue weighted by Gasteiger charge is 2.38. The third-order valence-electron chi connectivity index (χ3n) is 6.41. The van der Waals surface area contributed by atoms with Crippen molar-refractivity contribution in [3.8, 4) is 0 Å². The molecule has 21 heavy (non-hydrogen) atoms. The first-order valence-electron chi connectivity index (χ1n) is 9.35. The second-order valence-corrected chi connectivity index (χ2v) is 8.75. The Morgan fingerprint density at radius 3 is 2.10 bits per heavy atom. The molecule has 2 rings (SSSR count). The van der Waals surface area contributed by atoms with Crippen molar-refractivity contribution in [3.05, 3.63) is 0 Å². The first-order chi connectivity index (χ1) is 9.93. The summed E-state index contributed by atoms with van der Waals surface area (Å²) in [6.07, 6.45) is 12.6. The van der Waals surface area contributed by atoms with Crippen LogP contribution < -0.4 is 5.73 Å². The minimum absolute atomic E-state index is 0.447. The number of nitrogens with two attached hydrogens (primary N) is 1. The average molecular weight is 295 g/mol. The molecule has 3 unspecified atom stereocenters. The van der Waals surface area contributed by atoms with E-state index < -0.39 is 0 Å². The van der Waals surface area contributed by atoms with E-state index in [1.807, 2.05) is 0 Å². The Kier molecular flexibility index (Phi) is 6.14. The smallest absolute Gasteiger partial charge is 0.0138 e. The molecule has 2 heteroatoms. The van der Waals surface area contributed by atoms with Gasteiger partial charge >= 0.3 is 0 Å². The summed E-state index contributed by atoms with van der Waals surface area (Å²) < 4.78 is 0. The van der Waals surface area contributed by atoms with Crippen LogP contribution in [0.25, 0.3) is 0 Å². The van der Waals surface area contributed by atoms with Gasteiger partial charge in [-0.3, -0.25) is 0 Å². The summed E-state index contributed by atoms with van der Waals surface area (Å²) in [5, 5.41) is 0. The van der Waals surface area contributed by atoms with Gasteiger partial charge in [0, 0.05) is 12.1 Å². The molecule has 3 atom stereocenters. The minimum Gasteiger partial charge on any atom is -0.330 e. The van der Waals surface area contributed by atoms with E-state index in [1.54, 1.807) is 0 Å². The van der Waals surface area contributed by atoms with Gasteiger partial charge in [0.15, 0.2) is 0 Å². The Morgan fingerprint density at radius 2 is 1.57 bits per heavy atom. The van der Waals surface area contributed by atoms with Crippen molar-refractivity contribution in [2.24, 2.45) is 23.0 Å². The van der Waals surface area contributed by atoms with Gasteiger partial charge in [-0.2, -0.15) is 0 Å². The van der Waals surface area contributed by atoms with Crippen molar-refractivity contribution >= 4 is 0 Å². The maximum Gasteiger partial charge on any atom is 0.0138 e. The third kappa shape index (κ3) is 4.45. The third-order valence-corrected chi connectivity index (χ3v) is 6.41. The van der Waals surface area contributed by atoms with E-state index >= 15 is 0 Å².